The van der Waals surface area contributed by atoms with Crippen LogP contribution in [0.25, 0.3) is 0 Å². The molecule has 7 heteroatoms. The van der Waals surface area contributed by atoms with Crippen molar-refractivity contribution in [3.8, 4) is 0 Å². The SMILES string of the molecule is CCCCN/C(C)=C(\CCC(=O)OC)P(=O)(OC(C)C)OC(C)C. The van der Waals surface area contributed by atoms with E-state index in [1.807, 2.05) is 34.6 Å². The van der Waals surface area contributed by atoms with Crippen LogP contribution in [0, 0.1) is 0 Å². The number of carbonyl (C=O) groups excluding carboxylic acids is 1. The first-order valence-electron chi connectivity index (χ1n) is 8.64. The highest BCUT2D eigenvalue weighted by Crippen LogP contribution is 2.60. The Balaban J connectivity index is 5.59. The van der Waals surface area contributed by atoms with Crippen LogP contribution in [0.5, 0.6) is 0 Å². The van der Waals surface area contributed by atoms with Gasteiger partial charge in [-0.05, 0) is 47.5 Å². The van der Waals surface area contributed by atoms with Gasteiger partial charge in [-0.3, -0.25) is 9.36 Å². The third-order valence-electron chi connectivity index (χ3n) is 3.18. The minimum Gasteiger partial charge on any atom is -0.469 e. The van der Waals surface area contributed by atoms with Gasteiger partial charge in [0.25, 0.3) is 0 Å². The molecule has 142 valence electrons. The molecule has 0 fully saturated rings. The maximum atomic E-state index is 13.4. The van der Waals surface area contributed by atoms with Crippen molar-refractivity contribution in [2.45, 2.75) is 79.4 Å². The lowest BCUT2D eigenvalue weighted by Crippen LogP contribution is -2.18. The van der Waals surface area contributed by atoms with Crippen LogP contribution >= 0.6 is 7.60 Å². The molecule has 0 bridgehead atoms. The van der Waals surface area contributed by atoms with Gasteiger partial charge in [0.1, 0.15) is 0 Å². The molecule has 0 rings (SSSR count). The molecule has 0 atom stereocenters. The quantitative estimate of drug-likeness (QED) is 0.310. The minimum atomic E-state index is -3.50. The van der Waals surface area contributed by atoms with E-state index in [2.05, 4.69) is 12.2 Å². The first-order chi connectivity index (χ1) is 11.2. The molecule has 0 spiro atoms. The molecule has 0 aliphatic carbocycles. The summed E-state index contributed by atoms with van der Waals surface area (Å²) < 4.78 is 29.5. The Morgan fingerprint density at radius 2 is 1.62 bits per heavy atom. The number of rotatable bonds is 12. The van der Waals surface area contributed by atoms with E-state index in [1.165, 1.54) is 7.11 Å². The molecule has 0 aromatic rings. The molecule has 0 radical (unpaired) electrons. The molecule has 1 N–H and O–H groups in total. The molecule has 0 saturated carbocycles. The Bertz CT molecular complexity index is 446. The van der Waals surface area contributed by atoms with Gasteiger partial charge in [-0.1, -0.05) is 13.3 Å². The highest BCUT2D eigenvalue weighted by molar-refractivity contribution is 7.58. The van der Waals surface area contributed by atoms with E-state index in [4.69, 9.17) is 13.8 Å². The van der Waals surface area contributed by atoms with Crippen molar-refractivity contribution in [2.24, 2.45) is 0 Å². The normalized spacial score (nSPS) is 13.2. The second-order valence-corrected chi connectivity index (χ2v) is 8.19. The van der Waals surface area contributed by atoms with E-state index in [0.29, 0.717) is 5.31 Å². The highest BCUT2D eigenvalue weighted by atomic mass is 31.2. The summed E-state index contributed by atoms with van der Waals surface area (Å²) in [6, 6.07) is 0. The van der Waals surface area contributed by atoms with Gasteiger partial charge < -0.3 is 19.1 Å². The van der Waals surface area contributed by atoms with Gasteiger partial charge in [-0.15, -0.1) is 0 Å². The van der Waals surface area contributed by atoms with E-state index in [1.54, 1.807) is 0 Å². The fourth-order valence-electron chi connectivity index (χ4n) is 2.11. The van der Waals surface area contributed by atoms with E-state index in [0.717, 1.165) is 25.1 Å². The predicted octanol–water partition coefficient (Wildman–Crippen LogP) is 4.60. The summed E-state index contributed by atoms with van der Waals surface area (Å²) in [4.78, 5) is 11.5. The third kappa shape index (κ3) is 8.86. The molecule has 0 heterocycles. The van der Waals surface area contributed by atoms with Crippen LogP contribution in [-0.4, -0.2) is 31.8 Å². The second kappa shape index (κ2) is 11.7. The van der Waals surface area contributed by atoms with E-state index in [-0.39, 0.29) is 31.0 Å². The zero-order chi connectivity index (χ0) is 18.8. The summed E-state index contributed by atoms with van der Waals surface area (Å²) in [5.41, 5.74) is 0.747. The Kier molecular flexibility index (Phi) is 11.3. The number of hydrogen-bond acceptors (Lipinski definition) is 6. The Hall–Kier alpha value is -0.840. The van der Waals surface area contributed by atoms with Crippen LogP contribution in [0.15, 0.2) is 11.0 Å². The lowest BCUT2D eigenvalue weighted by molar-refractivity contribution is -0.140. The molecule has 0 unspecified atom stereocenters. The summed E-state index contributed by atoms with van der Waals surface area (Å²) in [5, 5.41) is 3.79. The number of unbranched alkanes of at least 4 members (excludes halogenated alkanes) is 1. The van der Waals surface area contributed by atoms with Crippen LogP contribution in [0.4, 0.5) is 0 Å². The highest BCUT2D eigenvalue weighted by Gasteiger charge is 2.34. The minimum absolute atomic E-state index is 0.130. The lowest BCUT2D eigenvalue weighted by Gasteiger charge is -2.26. The summed E-state index contributed by atoms with van der Waals surface area (Å²) in [6.45, 7) is 12.0. The third-order valence-corrected chi connectivity index (χ3v) is 5.80. The topological polar surface area (TPSA) is 73.9 Å². The van der Waals surface area contributed by atoms with Crippen molar-refractivity contribution < 1.29 is 23.1 Å². The van der Waals surface area contributed by atoms with Crippen LogP contribution < -0.4 is 5.32 Å². The molecule has 24 heavy (non-hydrogen) atoms. The maximum absolute atomic E-state index is 13.4. The fraction of sp³-hybridized carbons (Fsp3) is 0.824. The first-order valence-corrected chi connectivity index (χ1v) is 10.2. The van der Waals surface area contributed by atoms with Crippen molar-refractivity contribution in [1.29, 1.82) is 0 Å². The number of esters is 1. The molecule has 0 saturated heterocycles. The molecule has 0 aliphatic heterocycles. The number of nitrogens with one attached hydrogen (secondary N) is 1. The average molecular weight is 363 g/mol. The van der Waals surface area contributed by atoms with Crippen LogP contribution in [0.2, 0.25) is 0 Å². The second-order valence-electron chi connectivity index (χ2n) is 6.23. The van der Waals surface area contributed by atoms with Crippen molar-refractivity contribution in [1.82, 2.24) is 5.32 Å². The molecule has 0 aliphatic rings. The number of ether oxygens (including phenoxy) is 1. The largest absolute Gasteiger partial charge is 0.469 e. The molecule has 0 amide bonds. The summed E-state index contributed by atoms with van der Waals surface area (Å²) >= 11 is 0. The van der Waals surface area contributed by atoms with E-state index < -0.39 is 7.60 Å². The van der Waals surface area contributed by atoms with Crippen molar-refractivity contribution in [3.63, 3.8) is 0 Å². The monoisotopic (exact) mass is 363 g/mol. The zero-order valence-corrected chi connectivity index (χ0v) is 17.1. The van der Waals surface area contributed by atoms with Crippen molar-refractivity contribution >= 4 is 13.6 Å². The zero-order valence-electron chi connectivity index (χ0n) is 16.2. The smallest absolute Gasteiger partial charge is 0.359 e. The Morgan fingerprint density at radius 1 is 1.08 bits per heavy atom. The predicted molar refractivity (Wildman–Crippen MR) is 96.9 cm³/mol. The summed E-state index contributed by atoms with van der Waals surface area (Å²) in [6.07, 6.45) is 1.94. The molecule has 6 nitrogen and oxygen atoms in total. The van der Waals surface area contributed by atoms with Gasteiger partial charge in [-0.2, -0.15) is 0 Å². The Morgan fingerprint density at radius 3 is 2.04 bits per heavy atom. The van der Waals surface area contributed by atoms with Gasteiger partial charge in [-0.25, -0.2) is 0 Å². The lowest BCUT2D eigenvalue weighted by atomic mass is 10.2. The average Bonchev–Trinajstić information content (AvgIpc) is 2.45. The molecule has 0 aromatic heterocycles. The van der Waals surface area contributed by atoms with E-state index in [9.17, 15) is 9.36 Å². The number of carbonyl (C=O) groups is 1. The molecular weight excluding hydrogens is 329 g/mol. The fourth-order valence-corrected chi connectivity index (χ4v) is 4.40. The van der Waals surface area contributed by atoms with Crippen molar-refractivity contribution in [2.75, 3.05) is 13.7 Å². The van der Waals surface area contributed by atoms with Gasteiger partial charge >= 0.3 is 13.6 Å². The van der Waals surface area contributed by atoms with Gasteiger partial charge in [0.05, 0.1) is 24.6 Å². The first kappa shape index (κ1) is 23.2. The molecule has 0 aromatic carbocycles. The standard InChI is InChI=1S/C17H34NO5P/c1-8-9-12-18-15(6)16(10-11-17(19)21-7)24(20,22-13(2)3)23-14(4)5/h13-14,18H,8-12H2,1-7H3/b16-15+. The van der Waals surface area contributed by atoms with Crippen molar-refractivity contribution in [3.05, 3.63) is 11.0 Å². The van der Waals surface area contributed by atoms with Crippen LogP contribution in [0.1, 0.15) is 67.2 Å². The van der Waals surface area contributed by atoms with Crippen LogP contribution in [0.3, 0.4) is 0 Å². The summed E-state index contributed by atoms with van der Waals surface area (Å²) in [7, 11) is -2.16. The maximum Gasteiger partial charge on any atom is 0.359 e. The number of allylic oxidation sites excluding steroid dienone is 2. The number of methoxy groups -OCH3 is 1. The Labute approximate surface area is 146 Å². The van der Waals surface area contributed by atoms with E-state index >= 15 is 0 Å². The van der Waals surface area contributed by atoms with Gasteiger partial charge in [0.15, 0.2) is 0 Å². The van der Waals surface area contributed by atoms with Gasteiger partial charge in [0.2, 0.25) is 0 Å². The molecular formula is C17H34NO5P. The van der Waals surface area contributed by atoms with Crippen LogP contribution in [-0.2, 0) is 23.1 Å². The summed E-state index contributed by atoms with van der Waals surface area (Å²) in [5.74, 6) is -0.352. The van der Waals surface area contributed by atoms with Gasteiger partial charge in [0, 0.05) is 18.7 Å². The number of hydrogen-bond donors (Lipinski definition) is 1.